The second kappa shape index (κ2) is 10.1. The van der Waals surface area contributed by atoms with E-state index in [0.29, 0.717) is 18.9 Å². The molecule has 7 nitrogen and oxygen atoms in total. The lowest BCUT2D eigenvalue weighted by Gasteiger charge is -2.33. The summed E-state index contributed by atoms with van der Waals surface area (Å²) in [6.45, 7) is 5.07. The van der Waals surface area contributed by atoms with E-state index in [1.54, 1.807) is 0 Å². The van der Waals surface area contributed by atoms with Gasteiger partial charge in [0.25, 0.3) is 0 Å². The van der Waals surface area contributed by atoms with Crippen molar-refractivity contribution in [2.75, 3.05) is 33.0 Å². The van der Waals surface area contributed by atoms with E-state index in [9.17, 15) is 0 Å². The van der Waals surface area contributed by atoms with E-state index < -0.39 is 0 Å². The Hall–Kier alpha value is -1.83. The van der Waals surface area contributed by atoms with E-state index in [1.165, 1.54) is 18.4 Å². The highest BCUT2D eigenvalue weighted by Crippen LogP contribution is 2.31. The van der Waals surface area contributed by atoms with Gasteiger partial charge in [-0.1, -0.05) is 17.6 Å². The molecule has 0 aliphatic carbocycles. The number of nitrogens with zero attached hydrogens (tertiary/aromatic N) is 4. The number of ether oxygens (including phenoxy) is 2. The Balaban J connectivity index is 1.28. The van der Waals surface area contributed by atoms with Crippen molar-refractivity contribution in [2.45, 2.75) is 51.1 Å². The van der Waals surface area contributed by atoms with Crippen LogP contribution in [0.5, 0.6) is 0 Å². The summed E-state index contributed by atoms with van der Waals surface area (Å²) in [5.74, 6) is 2.11. The van der Waals surface area contributed by atoms with Gasteiger partial charge in [-0.05, 0) is 49.8 Å². The summed E-state index contributed by atoms with van der Waals surface area (Å²) < 4.78 is 16.9. The second-order valence-electron chi connectivity index (χ2n) is 7.77. The van der Waals surface area contributed by atoms with Crippen LogP contribution in [0.25, 0.3) is 0 Å². The van der Waals surface area contributed by atoms with Crippen LogP contribution < -0.4 is 0 Å². The molecular formula is C21H30N4O3. The van der Waals surface area contributed by atoms with Crippen molar-refractivity contribution in [2.24, 2.45) is 5.92 Å². The zero-order chi connectivity index (χ0) is 19.0. The topological polar surface area (TPSA) is 73.5 Å². The molecule has 0 bridgehead atoms. The number of hydrogen-bond acceptors (Lipinski definition) is 7. The standard InChI is InChI=1S/C21H30N4O3/c1-2-10-25(15-18-4-3-9-22-14-18)19(5-1)21-23-20(24-28-21)8-13-27-16-17-6-11-26-12-7-17/h3-4,9,14,17,19H,1-2,5-8,10-13,15-16H2. The van der Waals surface area contributed by atoms with Gasteiger partial charge in [0, 0.05) is 45.2 Å². The maximum absolute atomic E-state index is 5.84. The highest BCUT2D eigenvalue weighted by atomic mass is 16.5. The molecule has 7 heteroatoms. The minimum atomic E-state index is 0.193. The van der Waals surface area contributed by atoms with Crippen LogP contribution in [0.4, 0.5) is 0 Å². The van der Waals surface area contributed by atoms with Crippen LogP contribution >= 0.6 is 0 Å². The van der Waals surface area contributed by atoms with Crippen molar-refractivity contribution in [1.82, 2.24) is 20.0 Å². The Morgan fingerprint density at radius 2 is 2.11 bits per heavy atom. The highest BCUT2D eigenvalue weighted by molar-refractivity contribution is 5.09. The quantitative estimate of drug-likeness (QED) is 0.645. The van der Waals surface area contributed by atoms with Crippen LogP contribution in [0.2, 0.25) is 0 Å². The van der Waals surface area contributed by atoms with E-state index in [4.69, 9.17) is 14.0 Å². The van der Waals surface area contributed by atoms with Gasteiger partial charge in [-0.15, -0.1) is 0 Å². The van der Waals surface area contributed by atoms with Crippen LogP contribution in [0.3, 0.4) is 0 Å². The zero-order valence-corrected chi connectivity index (χ0v) is 16.5. The molecule has 28 heavy (non-hydrogen) atoms. The fourth-order valence-corrected chi connectivity index (χ4v) is 4.02. The molecule has 2 aliphatic rings. The predicted octanol–water partition coefficient (Wildman–Crippen LogP) is 3.18. The number of likely N-dealkylation sites (tertiary alicyclic amines) is 1. The summed E-state index contributed by atoms with van der Waals surface area (Å²) in [4.78, 5) is 11.3. The van der Waals surface area contributed by atoms with Crippen LogP contribution in [0.1, 0.15) is 55.4 Å². The largest absolute Gasteiger partial charge is 0.381 e. The molecule has 2 aliphatic heterocycles. The molecule has 2 aromatic rings. The maximum Gasteiger partial charge on any atom is 0.244 e. The van der Waals surface area contributed by atoms with Crippen molar-refractivity contribution in [1.29, 1.82) is 0 Å². The van der Waals surface area contributed by atoms with Crippen molar-refractivity contribution in [3.63, 3.8) is 0 Å². The number of aromatic nitrogens is 3. The molecule has 152 valence electrons. The molecule has 1 unspecified atom stereocenters. The Labute approximate surface area is 166 Å². The Morgan fingerprint density at radius 3 is 2.96 bits per heavy atom. The number of piperidine rings is 1. The first kappa shape index (κ1) is 19.5. The minimum absolute atomic E-state index is 0.193. The van der Waals surface area contributed by atoms with Gasteiger partial charge in [0.15, 0.2) is 5.82 Å². The average molecular weight is 386 g/mol. The van der Waals surface area contributed by atoms with E-state index in [0.717, 1.165) is 63.9 Å². The average Bonchev–Trinajstić information content (AvgIpc) is 3.22. The van der Waals surface area contributed by atoms with Gasteiger partial charge in [0.05, 0.1) is 12.6 Å². The van der Waals surface area contributed by atoms with Crippen molar-refractivity contribution in [3.8, 4) is 0 Å². The first-order valence-electron chi connectivity index (χ1n) is 10.5. The summed E-state index contributed by atoms with van der Waals surface area (Å²) in [5.41, 5.74) is 1.22. The molecule has 2 fully saturated rings. The molecule has 4 heterocycles. The SMILES string of the molecule is c1cncc(CN2CCCCC2c2nc(CCOCC3CCOCC3)no2)c1. The molecule has 2 aromatic heterocycles. The number of pyridine rings is 1. The Kier molecular flexibility index (Phi) is 7.02. The molecule has 0 radical (unpaired) electrons. The summed E-state index contributed by atoms with van der Waals surface area (Å²) in [6, 6.07) is 4.30. The van der Waals surface area contributed by atoms with Gasteiger partial charge >= 0.3 is 0 Å². The van der Waals surface area contributed by atoms with Gasteiger partial charge in [-0.3, -0.25) is 9.88 Å². The predicted molar refractivity (Wildman–Crippen MR) is 104 cm³/mol. The number of rotatable bonds is 8. The molecular weight excluding hydrogens is 356 g/mol. The van der Waals surface area contributed by atoms with Gasteiger partial charge in [0.1, 0.15) is 0 Å². The van der Waals surface area contributed by atoms with Crippen LogP contribution in [0, 0.1) is 5.92 Å². The van der Waals surface area contributed by atoms with Crippen LogP contribution in [-0.4, -0.2) is 53.0 Å². The third-order valence-electron chi connectivity index (χ3n) is 5.66. The monoisotopic (exact) mass is 386 g/mol. The van der Waals surface area contributed by atoms with E-state index in [-0.39, 0.29) is 6.04 Å². The first-order valence-corrected chi connectivity index (χ1v) is 10.5. The summed E-state index contributed by atoms with van der Waals surface area (Å²) in [7, 11) is 0. The lowest BCUT2D eigenvalue weighted by atomic mass is 10.0. The van der Waals surface area contributed by atoms with Crippen LogP contribution in [-0.2, 0) is 22.4 Å². The normalized spacial score (nSPS) is 21.8. The van der Waals surface area contributed by atoms with E-state index in [2.05, 4.69) is 26.1 Å². The van der Waals surface area contributed by atoms with Gasteiger partial charge in [-0.25, -0.2) is 0 Å². The van der Waals surface area contributed by atoms with Gasteiger partial charge < -0.3 is 14.0 Å². The van der Waals surface area contributed by atoms with Gasteiger partial charge in [-0.2, -0.15) is 4.98 Å². The summed E-state index contributed by atoms with van der Waals surface area (Å²) in [5, 5.41) is 4.19. The van der Waals surface area contributed by atoms with E-state index >= 15 is 0 Å². The van der Waals surface area contributed by atoms with Crippen molar-refractivity contribution in [3.05, 3.63) is 41.8 Å². The minimum Gasteiger partial charge on any atom is -0.381 e. The summed E-state index contributed by atoms with van der Waals surface area (Å²) in [6.07, 6.45) is 10.1. The fraction of sp³-hybridized carbons (Fsp3) is 0.667. The fourth-order valence-electron chi connectivity index (χ4n) is 4.02. The molecule has 0 N–H and O–H groups in total. The number of hydrogen-bond donors (Lipinski definition) is 0. The third-order valence-corrected chi connectivity index (χ3v) is 5.66. The summed E-state index contributed by atoms with van der Waals surface area (Å²) >= 11 is 0. The second-order valence-corrected chi connectivity index (χ2v) is 7.77. The highest BCUT2D eigenvalue weighted by Gasteiger charge is 2.28. The van der Waals surface area contributed by atoms with Crippen molar-refractivity contribution >= 4 is 0 Å². The Morgan fingerprint density at radius 1 is 1.18 bits per heavy atom. The zero-order valence-electron chi connectivity index (χ0n) is 16.5. The molecule has 2 saturated heterocycles. The lowest BCUT2D eigenvalue weighted by molar-refractivity contribution is 0.0211. The van der Waals surface area contributed by atoms with Crippen LogP contribution in [0.15, 0.2) is 29.0 Å². The molecule has 0 spiro atoms. The van der Waals surface area contributed by atoms with E-state index in [1.807, 2.05) is 18.5 Å². The smallest absolute Gasteiger partial charge is 0.244 e. The molecule has 4 rings (SSSR count). The molecule has 0 amide bonds. The Bertz CT molecular complexity index is 703. The van der Waals surface area contributed by atoms with Crippen molar-refractivity contribution < 1.29 is 14.0 Å². The lowest BCUT2D eigenvalue weighted by Crippen LogP contribution is -2.33. The first-order chi connectivity index (χ1) is 13.9. The molecule has 0 aromatic carbocycles. The maximum atomic E-state index is 5.84. The molecule has 1 atom stereocenters. The molecule has 0 saturated carbocycles. The van der Waals surface area contributed by atoms with Gasteiger partial charge in [0.2, 0.25) is 5.89 Å². The third kappa shape index (κ3) is 5.37.